The number of nitrogens with one attached hydrogen (secondary N) is 1. The molecule has 0 radical (unpaired) electrons. The molecule has 0 bridgehead atoms. The quantitative estimate of drug-likeness (QED) is 0.794. The highest BCUT2D eigenvalue weighted by Gasteiger charge is 2.39. The molecule has 2 aliphatic rings. The second-order valence-electron chi connectivity index (χ2n) is 6.01. The van der Waals surface area contributed by atoms with Crippen LogP contribution in [0.1, 0.15) is 44.6 Å². The van der Waals surface area contributed by atoms with E-state index in [2.05, 4.69) is 21.2 Å². The molecule has 1 atom stereocenters. The number of allylic oxidation sites excluding steroid dienone is 3. The van der Waals surface area contributed by atoms with Gasteiger partial charge in [0.15, 0.2) is 5.78 Å². The lowest BCUT2D eigenvalue weighted by molar-refractivity contribution is -0.138. The Morgan fingerprint density at radius 3 is 2.79 bits per heavy atom. The lowest BCUT2D eigenvalue weighted by Crippen LogP contribution is -2.34. The van der Waals surface area contributed by atoms with Crippen molar-refractivity contribution < 1.29 is 14.3 Å². The van der Waals surface area contributed by atoms with Gasteiger partial charge in [-0.1, -0.05) is 34.1 Å². The predicted octanol–water partition coefficient (Wildman–Crippen LogP) is 3.98. The van der Waals surface area contributed by atoms with Crippen molar-refractivity contribution in [2.45, 2.75) is 39.0 Å². The first-order valence-corrected chi connectivity index (χ1v) is 8.99. The number of carbonyl (C=O) groups excluding carboxylic acids is 2. The second kappa shape index (κ2) is 6.93. The largest absolute Gasteiger partial charge is 0.463 e. The van der Waals surface area contributed by atoms with Gasteiger partial charge in [0.25, 0.3) is 0 Å². The van der Waals surface area contributed by atoms with Gasteiger partial charge >= 0.3 is 5.97 Å². The van der Waals surface area contributed by atoms with Gasteiger partial charge in [0.1, 0.15) is 0 Å². The van der Waals surface area contributed by atoms with E-state index in [4.69, 9.17) is 4.74 Å². The standard InChI is InChI=1S/C19H20BrNO3/c1-3-24-19(23)16-11(2)21-14-9-6-10-15(22)18(14)17(16)12-7-4-5-8-13(12)20/h4-5,7-8,17,21H,3,6,9-10H2,1-2H3/t17-/m0/s1. The highest BCUT2D eigenvalue weighted by atomic mass is 79.9. The molecule has 1 aromatic carbocycles. The van der Waals surface area contributed by atoms with Crippen LogP contribution in [0.15, 0.2) is 51.3 Å². The summed E-state index contributed by atoms with van der Waals surface area (Å²) in [6.45, 7) is 3.96. The summed E-state index contributed by atoms with van der Waals surface area (Å²) in [6.07, 6.45) is 2.20. The molecule has 24 heavy (non-hydrogen) atoms. The summed E-state index contributed by atoms with van der Waals surface area (Å²) < 4.78 is 6.16. The van der Waals surface area contributed by atoms with E-state index in [0.29, 0.717) is 24.2 Å². The summed E-state index contributed by atoms with van der Waals surface area (Å²) in [5, 5.41) is 3.28. The SMILES string of the molecule is CCOC(=O)C1=C(C)NC2=C(C(=O)CCC2)[C@H]1c1ccccc1Br. The van der Waals surface area contributed by atoms with Crippen LogP contribution in [0.5, 0.6) is 0 Å². The molecule has 1 aliphatic heterocycles. The first-order chi connectivity index (χ1) is 11.5. The van der Waals surface area contributed by atoms with Crippen molar-refractivity contribution in [3.05, 3.63) is 56.8 Å². The van der Waals surface area contributed by atoms with Crippen molar-refractivity contribution in [3.63, 3.8) is 0 Å². The number of benzene rings is 1. The van der Waals surface area contributed by atoms with Crippen molar-refractivity contribution in [3.8, 4) is 0 Å². The Morgan fingerprint density at radius 1 is 1.33 bits per heavy atom. The van der Waals surface area contributed by atoms with Crippen LogP contribution in [0, 0.1) is 0 Å². The molecule has 0 saturated carbocycles. The van der Waals surface area contributed by atoms with Gasteiger partial charge in [0, 0.05) is 33.8 Å². The number of carbonyl (C=O) groups is 2. The molecule has 0 spiro atoms. The fraction of sp³-hybridized carbons (Fsp3) is 0.368. The van der Waals surface area contributed by atoms with Crippen molar-refractivity contribution >= 4 is 27.7 Å². The molecule has 0 saturated heterocycles. The number of ether oxygens (including phenoxy) is 1. The van der Waals surface area contributed by atoms with Crippen LogP contribution < -0.4 is 5.32 Å². The van der Waals surface area contributed by atoms with Crippen LogP contribution in [-0.4, -0.2) is 18.4 Å². The Labute approximate surface area is 150 Å². The number of Topliss-reactive ketones (excluding diaryl/α,β-unsaturated/α-hetero) is 1. The van der Waals surface area contributed by atoms with E-state index in [1.165, 1.54) is 0 Å². The monoisotopic (exact) mass is 389 g/mol. The number of dihydropyridines is 1. The molecule has 4 nitrogen and oxygen atoms in total. The van der Waals surface area contributed by atoms with E-state index in [1.807, 2.05) is 31.2 Å². The van der Waals surface area contributed by atoms with E-state index in [-0.39, 0.29) is 17.7 Å². The first-order valence-electron chi connectivity index (χ1n) is 8.20. The lowest BCUT2D eigenvalue weighted by Gasteiger charge is -2.34. The zero-order valence-corrected chi connectivity index (χ0v) is 15.4. The zero-order valence-electron chi connectivity index (χ0n) is 13.8. The highest BCUT2D eigenvalue weighted by molar-refractivity contribution is 9.10. The van der Waals surface area contributed by atoms with Gasteiger partial charge in [-0.2, -0.15) is 0 Å². The summed E-state index contributed by atoms with van der Waals surface area (Å²) in [7, 11) is 0. The molecule has 1 aliphatic carbocycles. The lowest BCUT2D eigenvalue weighted by atomic mass is 9.75. The number of hydrogen-bond donors (Lipinski definition) is 1. The minimum Gasteiger partial charge on any atom is -0.463 e. The Kier molecular flexibility index (Phi) is 4.90. The molecular weight excluding hydrogens is 370 g/mol. The number of ketones is 1. The molecule has 3 rings (SSSR count). The normalized spacial score (nSPS) is 20.6. The Bertz CT molecular complexity index is 764. The minimum absolute atomic E-state index is 0.110. The van der Waals surface area contributed by atoms with Crippen LogP contribution in [0.3, 0.4) is 0 Å². The summed E-state index contributed by atoms with van der Waals surface area (Å²) in [6, 6.07) is 7.74. The van der Waals surface area contributed by atoms with Gasteiger partial charge in [0.2, 0.25) is 0 Å². The molecule has 5 heteroatoms. The van der Waals surface area contributed by atoms with Crippen molar-refractivity contribution in [2.75, 3.05) is 6.61 Å². The molecular formula is C19H20BrNO3. The predicted molar refractivity (Wildman–Crippen MR) is 95.2 cm³/mol. The maximum absolute atomic E-state index is 12.7. The fourth-order valence-electron chi connectivity index (χ4n) is 3.48. The molecule has 1 N–H and O–H groups in total. The maximum Gasteiger partial charge on any atom is 0.336 e. The van der Waals surface area contributed by atoms with Gasteiger partial charge in [-0.3, -0.25) is 4.79 Å². The summed E-state index contributed by atoms with van der Waals surface area (Å²) in [5.74, 6) is -0.643. The van der Waals surface area contributed by atoms with Gasteiger partial charge in [0.05, 0.1) is 12.2 Å². The van der Waals surface area contributed by atoms with Crippen molar-refractivity contribution in [1.82, 2.24) is 5.32 Å². The van der Waals surface area contributed by atoms with Crippen LogP contribution in [0.25, 0.3) is 0 Å². The van der Waals surface area contributed by atoms with E-state index < -0.39 is 0 Å². The third kappa shape index (κ3) is 2.93. The molecule has 1 heterocycles. The molecule has 1 aromatic rings. The van der Waals surface area contributed by atoms with Crippen molar-refractivity contribution in [2.24, 2.45) is 0 Å². The van der Waals surface area contributed by atoms with Crippen LogP contribution >= 0.6 is 15.9 Å². The van der Waals surface area contributed by atoms with E-state index in [9.17, 15) is 9.59 Å². The van der Waals surface area contributed by atoms with Gasteiger partial charge in [-0.05, 0) is 38.3 Å². The van der Waals surface area contributed by atoms with E-state index in [1.54, 1.807) is 6.92 Å². The van der Waals surface area contributed by atoms with Gasteiger partial charge in [-0.25, -0.2) is 4.79 Å². The van der Waals surface area contributed by atoms with Crippen LogP contribution in [0.2, 0.25) is 0 Å². The Hall–Kier alpha value is -1.88. The molecule has 0 unspecified atom stereocenters. The van der Waals surface area contributed by atoms with Crippen LogP contribution in [-0.2, 0) is 14.3 Å². The topological polar surface area (TPSA) is 55.4 Å². The zero-order chi connectivity index (χ0) is 17.3. The van der Waals surface area contributed by atoms with Crippen molar-refractivity contribution in [1.29, 1.82) is 0 Å². The smallest absolute Gasteiger partial charge is 0.336 e. The average molecular weight is 390 g/mol. The van der Waals surface area contributed by atoms with E-state index >= 15 is 0 Å². The molecule has 0 aromatic heterocycles. The van der Waals surface area contributed by atoms with Gasteiger partial charge in [-0.15, -0.1) is 0 Å². The molecule has 0 fully saturated rings. The van der Waals surface area contributed by atoms with Gasteiger partial charge < -0.3 is 10.1 Å². The Morgan fingerprint density at radius 2 is 2.08 bits per heavy atom. The summed E-state index contributed by atoms with van der Waals surface area (Å²) in [4.78, 5) is 25.3. The molecule has 0 amide bonds. The minimum atomic E-state index is -0.385. The first kappa shape index (κ1) is 17.0. The fourth-order valence-corrected chi connectivity index (χ4v) is 4.00. The Balaban J connectivity index is 2.19. The summed E-state index contributed by atoms with van der Waals surface area (Å²) >= 11 is 3.57. The number of hydrogen-bond acceptors (Lipinski definition) is 4. The number of esters is 1. The summed E-state index contributed by atoms with van der Waals surface area (Å²) in [5.41, 5.74) is 3.86. The molecule has 126 valence electrons. The number of halogens is 1. The third-order valence-electron chi connectivity index (χ3n) is 4.49. The maximum atomic E-state index is 12.7. The third-order valence-corrected chi connectivity index (χ3v) is 5.21. The van der Waals surface area contributed by atoms with Crippen LogP contribution in [0.4, 0.5) is 0 Å². The highest BCUT2D eigenvalue weighted by Crippen LogP contribution is 2.44. The second-order valence-corrected chi connectivity index (χ2v) is 6.86. The van der Waals surface area contributed by atoms with E-state index in [0.717, 1.165) is 34.3 Å². The average Bonchev–Trinajstić information content (AvgIpc) is 2.54. The number of rotatable bonds is 3.